The minimum absolute atomic E-state index is 0.199. The molecule has 0 bridgehead atoms. The Morgan fingerprint density at radius 2 is 1.84 bits per heavy atom. The number of carbonyl (C=O) groups excluding carboxylic acids is 1. The summed E-state index contributed by atoms with van der Waals surface area (Å²) in [6.45, 7) is 1.99. The molecule has 2 rings (SSSR count). The van der Waals surface area contributed by atoms with E-state index in [1.807, 2.05) is 25.1 Å². The number of anilines is 2. The van der Waals surface area contributed by atoms with Gasteiger partial charge in [-0.3, -0.25) is 4.79 Å². The summed E-state index contributed by atoms with van der Waals surface area (Å²) in [5, 5.41) is 2.84. The maximum atomic E-state index is 12.2. The highest BCUT2D eigenvalue weighted by Gasteiger charge is 2.11. The van der Waals surface area contributed by atoms with Crippen molar-refractivity contribution in [2.75, 3.05) is 11.1 Å². The lowest BCUT2D eigenvalue weighted by Gasteiger charge is -2.09. The molecule has 0 atom stereocenters. The van der Waals surface area contributed by atoms with E-state index in [2.05, 4.69) is 37.2 Å². The van der Waals surface area contributed by atoms with Crippen molar-refractivity contribution < 1.29 is 4.79 Å². The van der Waals surface area contributed by atoms with Gasteiger partial charge in [-0.15, -0.1) is 0 Å². The Hall–Kier alpha value is -1.33. The fourth-order valence-corrected chi connectivity index (χ4v) is 2.39. The van der Waals surface area contributed by atoms with Gasteiger partial charge in [-0.05, 0) is 58.7 Å². The second-order valence-corrected chi connectivity index (χ2v) is 5.87. The molecule has 3 nitrogen and oxygen atoms in total. The van der Waals surface area contributed by atoms with E-state index in [1.54, 1.807) is 18.2 Å². The van der Waals surface area contributed by atoms with Crippen LogP contribution in [0.25, 0.3) is 0 Å². The average molecular weight is 384 g/mol. The maximum Gasteiger partial charge on any atom is 0.256 e. The number of rotatable bonds is 2. The second-order valence-electron chi connectivity index (χ2n) is 4.16. The highest BCUT2D eigenvalue weighted by atomic mass is 79.9. The van der Waals surface area contributed by atoms with E-state index >= 15 is 0 Å². The minimum Gasteiger partial charge on any atom is -0.399 e. The van der Waals surface area contributed by atoms with Gasteiger partial charge >= 0.3 is 0 Å². The normalized spacial score (nSPS) is 10.3. The third-order valence-corrected chi connectivity index (χ3v) is 4.21. The summed E-state index contributed by atoms with van der Waals surface area (Å²) in [5.74, 6) is -0.199. The van der Waals surface area contributed by atoms with Crippen molar-refractivity contribution in [3.05, 3.63) is 56.5 Å². The van der Waals surface area contributed by atoms with Crippen molar-refractivity contribution in [2.24, 2.45) is 0 Å². The topological polar surface area (TPSA) is 55.1 Å². The Bertz CT molecular complexity index is 641. The molecule has 0 radical (unpaired) electrons. The lowest BCUT2D eigenvalue weighted by molar-refractivity contribution is 0.102. The smallest absolute Gasteiger partial charge is 0.256 e. The second kappa shape index (κ2) is 5.75. The van der Waals surface area contributed by atoms with E-state index in [9.17, 15) is 4.79 Å². The lowest BCUT2D eigenvalue weighted by Crippen LogP contribution is -2.13. The van der Waals surface area contributed by atoms with Gasteiger partial charge in [0.25, 0.3) is 5.91 Å². The number of nitrogens with one attached hydrogen (secondary N) is 1. The summed E-state index contributed by atoms with van der Waals surface area (Å²) in [7, 11) is 0. The van der Waals surface area contributed by atoms with Crippen LogP contribution in [0.5, 0.6) is 0 Å². The number of hydrogen-bond donors (Lipinski definition) is 2. The van der Waals surface area contributed by atoms with Gasteiger partial charge in [-0.25, -0.2) is 0 Å². The molecule has 0 saturated heterocycles. The molecule has 0 aliphatic rings. The first-order valence-electron chi connectivity index (χ1n) is 5.60. The first-order chi connectivity index (χ1) is 8.97. The van der Waals surface area contributed by atoms with Crippen molar-refractivity contribution in [2.45, 2.75) is 6.92 Å². The molecular weight excluding hydrogens is 372 g/mol. The molecule has 0 fully saturated rings. The van der Waals surface area contributed by atoms with Crippen LogP contribution in [0, 0.1) is 6.92 Å². The summed E-state index contributed by atoms with van der Waals surface area (Å²) in [6, 6.07) is 10.8. The number of aryl methyl sites for hydroxylation is 1. The Kier molecular flexibility index (Phi) is 4.27. The van der Waals surface area contributed by atoms with Crippen LogP contribution in [0.1, 0.15) is 15.9 Å². The van der Waals surface area contributed by atoms with Gasteiger partial charge in [-0.1, -0.05) is 22.0 Å². The molecule has 0 spiro atoms. The molecule has 0 unspecified atom stereocenters. The van der Waals surface area contributed by atoms with Crippen LogP contribution < -0.4 is 11.1 Å². The first-order valence-corrected chi connectivity index (χ1v) is 7.18. The zero-order chi connectivity index (χ0) is 14.0. The first kappa shape index (κ1) is 14.1. The van der Waals surface area contributed by atoms with Crippen LogP contribution in [-0.2, 0) is 0 Å². The fraction of sp³-hybridized carbons (Fsp3) is 0.0714. The van der Waals surface area contributed by atoms with Crippen molar-refractivity contribution in [3.63, 3.8) is 0 Å². The van der Waals surface area contributed by atoms with Crippen LogP contribution in [0.2, 0.25) is 0 Å². The van der Waals surface area contributed by atoms with E-state index < -0.39 is 0 Å². The molecule has 0 aromatic heterocycles. The highest BCUT2D eigenvalue weighted by Crippen LogP contribution is 2.23. The predicted molar refractivity (Wildman–Crippen MR) is 85.4 cm³/mol. The number of halogens is 2. The number of benzene rings is 2. The van der Waals surface area contributed by atoms with Crippen LogP contribution in [0.3, 0.4) is 0 Å². The average Bonchev–Trinajstić information content (AvgIpc) is 2.36. The zero-order valence-electron chi connectivity index (χ0n) is 10.2. The highest BCUT2D eigenvalue weighted by molar-refractivity contribution is 9.10. The van der Waals surface area contributed by atoms with Gasteiger partial charge in [0.1, 0.15) is 0 Å². The van der Waals surface area contributed by atoms with E-state index in [-0.39, 0.29) is 5.91 Å². The molecule has 98 valence electrons. The molecule has 1 amide bonds. The fourth-order valence-electron chi connectivity index (χ4n) is 1.59. The van der Waals surface area contributed by atoms with Gasteiger partial charge < -0.3 is 11.1 Å². The molecule has 0 aliphatic carbocycles. The number of carbonyl (C=O) groups is 1. The van der Waals surface area contributed by atoms with E-state index in [4.69, 9.17) is 5.73 Å². The van der Waals surface area contributed by atoms with Gasteiger partial charge in [0.2, 0.25) is 0 Å². The van der Waals surface area contributed by atoms with E-state index in [0.29, 0.717) is 15.7 Å². The standard InChI is InChI=1S/C14H12Br2N2O/c1-8-2-4-10(7-13(8)16)18-14(19)11-6-9(17)3-5-12(11)15/h2-7H,17H2,1H3,(H,18,19). The Morgan fingerprint density at radius 3 is 2.53 bits per heavy atom. The van der Waals surface area contributed by atoms with Gasteiger partial charge in [0, 0.05) is 20.3 Å². The summed E-state index contributed by atoms with van der Waals surface area (Å²) < 4.78 is 1.67. The summed E-state index contributed by atoms with van der Waals surface area (Å²) in [6.07, 6.45) is 0. The van der Waals surface area contributed by atoms with E-state index in [0.717, 1.165) is 15.7 Å². The Balaban J connectivity index is 2.25. The predicted octanol–water partition coefficient (Wildman–Crippen LogP) is 4.35. The minimum atomic E-state index is -0.199. The molecule has 2 aromatic rings. The molecule has 0 saturated carbocycles. The Morgan fingerprint density at radius 1 is 1.11 bits per heavy atom. The number of nitrogen functional groups attached to an aromatic ring is 1. The molecule has 5 heteroatoms. The zero-order valence-corrected chi connectivity index (χ0v) is 13.4. The van der Waals surface area contributed by atoms with Gasteiger partial charge in [0.15, 0.2) is 0 Å². The molecule has 3 N–H and O–H groups in total. The van der Waals surface area contributed by atoms with Crippen molar-refractivity contribution in [1.82, 2.24) is 0 Å². The summed E-state index contributed by atoms with van der Waals surface area (Å²) in [5.41, 5.74) is 8.61. The van der Waals surface area contributed by atoms with Crippen LogP contribution in [0.4, 0.5) is 11.4 Å². The van der Waals surface area contributed by atoms with Gasteiger partial charge in [0.05, 0.1) is 5.56 Å². The van der Waals surface area contributed by atoms with Crippen molar-refractivity contribution in [1.29, 1.82) is 0 Å². The largest absolute Gasteiger partial charge is 0.399 e. The Labute approximate surface area is 128 Å². The van der Waals surface area contributed by atoms with Crippen LogP contribution >= 0.6 is 31.9 Å². The number of nitrogens with two attached hydrogens (primary N) is 1. The number of hydrogen-bond acceptors (Lipinski definition) is 2. The molecule has 0 heterocycles. The maximum absolute atomic E-state index is 12.2. The summed E-state index contributed by atoms with van der Waals surface area (Å²) in [4.78, 5) is 12.2. The van der Waals surface area contributed by atoms with Crippen LogP contribution in [-0.4, -0.2) is 5.91 Å². The molecular formula is C14H12Br2N2O. The monoisotopic (exact) mass is 382 g/mol. The lowest BCUT2D eigenvalue weighted by atomic mass is 10.1. The SMILES string of the molecule is Cc1ccc(NC(=O)c2cc(N)ccc2Br)cc1Br. The van der Waals surface area contributed by atoms with E-state index in [1.165, 1.54) is 0 Å². The summed E-state index contributed by atoms with van der Waals surface area (Å²) >= 11 is 6.78. The quantitative estimate of drug-likeness (QED) is 0.757. The third-order valence-electron chi connectivity index (χ3n) is 2.66. The van der Waals surface area contributed by atoms with Crippen LogP contribution in [0.15, 0.2) is 45.3 Å². The van der Waals surface area contributed by atoms with Gasteiger partial charge in [-0.2, -0.15) is 0 Å². The third kappa shape index (κ3) is 3.36. The molecule has 19 heavy (non-hydrogen) atoms. The molecule has 0 aliphatic heterocycles. The number of amides is 1. The van der Waals surface area contributed by atoms with Crippen molar-refractivity contribution in [3.8, 4) is 0 Å². The molecule has 2 aromatic carbocycles. The van der Waals surface area contributed by atoms with Crippen molar-refractivity contribution >= 4 is 49.1 Å².